The third-order valence-electron chi connectivity index (χ3n) is 4.63. The highest BCUT2D eigenvalue weighted by Crippen LogP contribution is 2.41. The van der Waals surface area contributed by atoms with Gasteiger partial charge in [-0.2, -0.15) is 13.2 Å². The molecule has 1 nitrogen and oxygen atoms in total. The summed E-state index contributed by atoms with van der Waals surface area (Å²) in [6, 6.07) is 15.3. The second kappa shape index (κ2) is 6.25. The third-order valence-corrected chi connectivity index (χ3v) is 4.63. The van der Waals surface area contributed by atoms with Gasteiger partial charge in [0.1, 0.15) is 0 Å². The lowest BCUT2D eigenvalue weighted by Crippen LogP contribution is -2.25. The molecular weight excluding hydrogens is 313 g/mol. The Morgan fingerprint density at radius 2 is 1.54 bits per heavy atom. The van der Waals surface area contributed by atoms with Gasteiger partial charge in [-0.15, -0.1) is 0 Å². The van der Waals surface area contributed by atoms with Gasteiger partial charge >= 0.3 is 6.18 Å². The smallest absolute Gasteiger partial charge is 0.371 e. The standard InChI is InChI=1S/C20H21F3O/c1-19(2)13-12-17(24-19)18(14-6-4-3-5-7-14)15-8-10-16(11-9-15)20(21,22)23/h3-11,17-18H,12-13H2,1-2H3/t17-,18+/m0/s1. The Morgan fingerprint density at radius 3 is 2.04 bits per heavy atom. The second-order valence-corrected chi connectivity index (χ2v) is 6.96. The first-order valence-corrected chi connectivity index (χ1v) is 8.16. The Bertz CT molecular complexity index is 674. The predicted octanol–water partition coefficient (Wildman–Crippen LogP) is 5.79. The van der Waals surface area contributed by atoms with Gasteiger partial charge in [0.15, 0.2) is 0 Å². The van der Waals surface area contributed by atoms with Crippen LogP contribution in [0.1, 0.15) is 49.3 Å². The van der Waals surface area contributed by atoms with Crippen LogP contribution in [-0.4, -0.2) is 11.7 Å². The number of ether oxygens (including phenoxy) is 1. The van der Waals surface area contributed by atoms with Gasteiger partial charge in [0.25, 0.3) is 0 Å². The maximum absolute atomic E-state index is 12.8. The fraction of sp³-hybridized carbons (Fsp3) is 0.400. The second-order valence-electron chi connectivity index (χ2n) is 6.96. The number of halogens is 3. The largest absolute Gasteiger partial charge is 0.416 e. The van der Waals surface area contributed by atoms with Crippen molar-refractivity contribution in [2.45, 2.75) is 50.5 Å². The van der Waals surface area contributed by atoms with Gasteiger partial charge in [0.2, 0.25) is 0 Å². The van der Waals surface area contributed by atoms with Crippen LogP contribution in [0.15, 0.2) is 54.6 Å². The summed E-state index contributed by atoms with van der Waals surface area (Å²) in [5.41, 5.74) is 1.12. The lowest BCUT2D eigenvalue weighted by atomic mass is 9.85. The summed E-state index contributed by atoms with van der Waals surface area (Å²) in [6.07, 6.45) is -2.50. The van der Waals surface area contributed by atoms with E-state index in [2.05, 4.69) is 13.8 Å². The van der Waals surface area contributed by atoms with E-state index in [4.69, 9.17) is 4.74 Å². The molecule has 1 fully saturated rings. The first-order valence-electron chi connectivity index (χ1n) is 8.16. The predicted molar refractivity (Wildman–Crippen MR) is 87.9 cm³/mol. The molecule has 0 aromatic heterocycles. The zero-order chi connectivity index (χ0) is 17.4. The van der Waals surface area contributed by atoms with Crippen LogP contribution in [-0.2, 0) is 10.9 Å². The molecule has 2 atom stereocenters. The molecular formula is C20H21F3O. The summed E-state index contributed by atoms with van der Waals surface area (Å²) in [6.45, 7) is 4.11. The molecule has 24 heavy (non-hydrogen) atoms. The molecule has 3 rings (SSSR count). The summed E-state index contributed by atoms with van der Waals surface area (Å²) in [4.78, 5) is 0. The van der Waals surface area contributed by atoms with Gasteiger partial charge in [-0.3, -0.25) is 0 Å². The lowest BCUT2D eigenvalue weighted by molar-refractivity contribution is -0.137. The van der Waals surface area contributed by atoms with E-state index in [1.54, 1.807) is 12.1 Å². The van der Waals surface area contributed by atoms with Gasteiger partial charge in [-0.25, -0.2) is 0 Å². The maximum atomic E-state index is 12.8. The molecule has 0 amide bonds. The average molecular weight is 334 g/mol. The van der Waals surface area contributed by atoms with Crippen molar-refractivity contribution in [3.8, 4) is 0 Å². The molecule has 1 aliphatic heterocycles. The summed E-state index contributed by atoms with van der Waals surface area (Å²) >= 11 is 0. The number of rotatable bonds is 3. The molecule has 0 saturated carbocycles. The van der Waals surface area contributed by atoms with Crippen LogP contribution in [0.4, 0.5) is 13.2 Å². The maximum Gasteiger partial charge on any atom is 0.416 e. The first kappa shape index (κ1) is 17.0. The fourth-order valence-corrected chi connectivity index (χ4v) is 3.41. The molecule has 1 saturated heterocycles. The molecule has 2 aromatic rings. The van der Waals surface area contributed by atoms with Crippen molar-refractivity contribution in [2.75, 3.05) is 0 Å². The van der Waals surface area contributed by atoms with E-state index in [1.807, 2.05) is 30.3 Å². The van der Waals surface area contributed by atoms with Gasteiger partial charge < -0.3 is 4.74 Å². The van der Waals surface area contributed by atoms with E-state index in [-0.39, 0.29) is 17.6 Å². The zero-order valence-corrected chi connectivity index (χ0v) is 13.8. The topological polar surface area (TPSA) is 9.23 Å². The highest BCUT2D eigenvalue weighted by atomic mass is 19.4. The molecule has 0 unspecified atom stereocenters. The van der Waals surface area contributed by atoms with Crippen LogP contribution >= 0.6 is 0 Å². The van der Waals surface area contributed by atoms with Gasteiger partial charge in [-0.05, 0) is 49.9 Å². The molecule has 0 spiro atoms. The lowest BCUT2D eigenvalue weighted by Gasteiger charge is -2.27. The molecule has 0 radical (unpaired) electrons. The van der Waals surface area contributed by atoms with Crippen LogP contribution in [0, 0.1) is 0 Å². The van der Waals surface area contributed by atoms with Crippen molar-refractivity contribution in [3.05, 3.63) is 71.3 Å². The van der Waals surface area contributed by atoms with Gasteiger partial charge in [0.05, 0.1) is 17.3 Å². The SMILES string of the molecule is CC1(C)CC[C@@H]([C@H](c2ccccc2)c2ccc(C(F)(F)F)cc2)O1. The average Bonchev–Trinajstić information content (AvgIpc) is 2.88. The normalized spacial score (nSPS) is 21.6. The van der Waals surface area contributed by atoms with Crippen LogP contribution in [0.5, 0.6) is 0 Å². The molecule has 0 bridgehead atoms. The monoisotopic (exact) mass is 334 g/mol. The van der Waals surface area contributed by atoms with Crippen LogP contribution < -0.4 is 0 Å². The number of benzene rings is 2. The first-order chi connectivity index (χ1) is 11.3. The van der Waals surface area contributed by atoms with Crippen LogP contribution in [0.3, 0.4) is 0 Å². The van der Waals surface area contributed by atoms with Crippen LogP contribution in [0.2, 0.25) is 0 Å². The molecule has 0 aliphatic carbocycles. The number of hydrogen-bond donors (Lipinski definition) is 0. The number of alkyl halides is 3. The van der Waals surface area contributed by atoms with Gasteiger partial charge in [-0.1, -0.05) is 42.5 Å². The summed E-state index contributed by atoms with van der Waals surface area (Å²) in [5.74, 6) is -0.0599. The minimum absolute atomic E-state index is 0.0286. The van der Waals surface area contributed by atoms with Gasteiger partial charge in [0, 0.05) is 5.92 Å². The minimum atomic E-state index is -4.31. The van der Waals surface area contributed by atoms with E-state index in [0.29, 0.717) is 0 Å². The van der Waals surface area contributed by atoms with Crippen molar-refractivity contribution in [2.24, 2.45) is 0 Å². The Balaban J connectivity index is 1.96. The fourth-order valence-electron chi connectivity index (χ4n) is 3.41. The van der Waals surface area contributed by atoms with Crippen molar-refractivity contribution < 1.29 is 17.9 Å². The molecule has 128 valence electrons. The van der Waals surface area contributed by atoms with E-state index < -0.39 is 11.7 Å². The van der Waals surface area contributed by atoms with E-state index in [1.165, 1.54) is 0 Å². The molecule has 4 heteroatoms. The van der Waals surface area contributed by atoms with Crippen molar-refractivity contribution in [1.29, 1.82) is 0 Å². The number of hydrogen-bond acceptors (Lipinski definition) is 1. The van der Waals surface area contributed by atoms with E-state index in [0.717, 1.165) is 36.1 Å². The zero-order valence-electron chi connectivity index (χ0n) is 13.8. The third kappa shape index (κ3) is 3.64. The van der Waals surface area contributed by atoms with Crippen molar-refractivity contribution >= 4 is 0 Å². The summed E-state index contributed by atoms with van der Waals surface area (Å²) in [5, 5.41) is 0. The Morgan fingerprint density at radius 1 is 0.958 bits per heavy atom. The summed E-state index contributed by atoms with van der Waals surface area (Å²) < 4.78 is 44.7. The summed E-state index contributed by atoms with van der Waals surface area (Å²) in [7, 11) is 0. The van der Waals surface area contributed by atoms with Crippen LogP contribution in [0.25, 0.3) is 0 Å². The molecule has 1 heterocycles. The molecule has 0 N–H and O–H groups in total. The Kier molecular flexibility index (Phi) is 4.43. The quantitative estimate of drug-likeness (QED) is 0.690. The van der Waals surface area contributed by atoms with E-state index in [9.17, 15) is 13.2 Å². The minimum Gasteiger partial charge on any atom is -0.371 e. The highest BCUT2D eigenvalue weighted by Gasteiger charge is 2.38. The molecule has 1 aliphatic rings. The van der Waals surface area contributed by atoms with Crippen molar-refractivity contribution in [1.82, 2.24) is 0 Å². The Hall–Kier alpha value is -1.81. The highest BCUT2D eigenvalue weighted by molar-refractivity contribution is 5.36. The van der Waals surface area contributed by atoms with E-state index >= 15 is 0 Å². The molecule has 2 aromatic carbocycles. The Labute approximate surface area is 140 Å². The van der Waals surface area contributed by atoms with Crippen molar-refractivity contribution in [3.63, 3.8) is 0 Å².